The monoisotopic (exact) mass is 388 g/mol. The smallest absolute Gasteiger partial charge is 0.263 e. The van der Waals surface area contributed by atoms with E-state index in [0.717, 1.165) is 88.6 Å². The number of amides is 1. The number of aromatic nitrogens is 3. The average Bonchev–Trinajstić information content (AvgIpc) is 3.13. The second-order valence-electron chi connectivity index (χ2n) is 7.51. The van der Waals surface area contributed by atoms with Crippen LogP contribution >= 0.6 is 0 Å². The number of hydrogen-bond donors (Lipinski definition) is 1. The van der Waals surface area contributed by atoms with Crippen LogP contribution in [0.1, 0.15) is 25.0 Å². The Morgan fingerprint density at radius 2 is 2.00 bits per heavy atom. The number of hydrogen-bond acceptors (Lipinski definition) is 8. The lowest BCUT2D eigenvalue weighted by Gasteiger charge is -2.32. The highest BCUT2D eigenvalue weighted by molar-refractivity contribution is 5.88. The van der Waals surface area contributed by atoms with Gasteiger partial charge in [-0.1, -0.05) is 5.16 Å². The molecule has 2 aliphatic rings. The summed E-state index contributed by atoms with van der Waals surface area (Å²) >= 11 is 0. The maximum absolute atomic E-state index is 12.5. The Kier molecular flexibility index (Phi) is 6.01. The van der Waals surface area contributed by atoms with Crippen molar-refractivity contribution in [1.29, 1.82) is 0 Å². The summed E-state index contributed by atoms with van der Waals surface area (Å²) in [6.07, 6.45) is 4.14. The molecule has 0 unspecified atom stereocenters. The van der Waals surface area contributed by atoms with E-state index in [1.165, 1.54) is 6.33 Å². The molecule has 0 spiro atoms. The van der Waals surface area contributed by atoms with E-state index < -0.39 is 0 Å². The number of nitrogens with zero attached hydrogens (tertiary/aromatic N) is 5. The topological polar surface area (TPSA) is 96.6 Å². The van der Waals surface area contributed by atoms with E-state index in [-0.39, 0.29) is 11.8 Å². The number of ether oxygens (including phenoxy) is 1. The second-order valence-corrected chi connectivity index (χ2v) is 7.51. The van der Waals surface area contributed by atoms with Crippen molar-refractivity contribution in [3.8, 4) is 0 Å². The Morgan fingerprint density at radius 3 is 2.79 bits per heavy atom. The molecule has 2 aliphatic heterocycles. The van der Waals surface area contributed by atoms with Gasteiger partial charge in [-0.15, -0.1) is 0 Å². The Morgan fingerprint density at radius 1 is 1.21 bits per heavy atom. The van der Waals surface area contributed by atoms with Crippen molar-refractivity contribution in [3.63, 3.8) is 0 Å². The standard InChI is InChI=1S/C19H28N6O3/c1-14-16-17(21-13-22-19(16)28-23-14)25-7-3-15(4-8-25)18(26)20-5-2-6-24-9-11-27-12-10-24/h13,15H,2-12H2,1H3,(H,20,26). The number of carbonyl (C=O) groups excluding carboxylic acids is 1. The summed E-state index contributed by atoms with van der Waals surface area (Å²) in [4.78, 5) is 25.7. The predicted molar refractivity (Wildman–Crippen MR) is 104 cm³/mol. The van der Waals surface area contributed by atoms with E-state index in [4.69, 9.17) is 9.26 Å². The van der Waals surface area contributed by atoms with Gasteiger partial charge in [0.15, 0.2) is 0 Å². The Bertz CT molecular complexity index is 796. The fourth-order valence-electron chi connectivity index (χ4n) is 3.98. The average molecular weight is 388 g/mol. The number of anilines is 1. The molecule has 2 saturated heterocycles. The molecule has 0 saturated carbocycles. The first-order chi connectivity index (χ1) is 13.7. The Labute approximate surface area is 164 Å². The van der Waals surface area contributed by atoms with Crippen LogP contribution in [-0.4, -0.2) is 78.4 Å². The SMILES string of the molecule is Cc1noc2ncnc(N3CCC(C(=O)NCCCN4CCOCC4)CC3)c12. The molecule has 2 aromatic rings. The molecule has 0 bridgehead atoms. The summed E-state index contributed by atoms with van der Waals surface area (Å²) in [5, 5.41) is 7.98. The molecule has 9 heteroatoms. The molecule has 9 nitrogen and oxygen atoms in total. The lowest BCUT2D eigenvalue weighted by molar-refractivity contribution is -0.125. The van der Waals surface area contributed by atoms with Crippen molar-refractivity contribution < 1.29 is 14.1 Å². The van der Waals surface area contributed by atoms with Crippen molar-refractivity contribution in [1.82, 2.24) is 25.3 Å². The van der Waals surface area contributed by atoms with Crippen molar-refractivity contribution in [3.05, 3.63) is 12.0 Å². The number of morpholine rings is 1. The van der Waals surface area contributed by atoms with Gasteiger partial charge in [-0.3, -0.25) is 9.69 Å². The summed E-state index contributed by atoms with van der Waals surface area (Å²) in [7, 11) is 0. The number of carbonyl (C=O) groups is 1. The van der Waals surface area contributed by atoms with Crippen LogP contribution in [0.4, 0.5) is 5.82 Å². The fraction of sp³-hybridized carbons (Fsp3) is 0.684. The van der Waals surface area contributed by atoms with Gasteiger partial charge in [0.25, 0.3) is 5.71 Å². The van der Waals surface area contributed by atoms with Crippen LogP contribution in [0.25, 0.3) is 11.1 Å². The minimum atomic E-state index is 0.0699. The highest BCUT2D eigenvalue weighted by atomic mass is 16.5. The van der Waals surface area contributed by atoms with Crippen LogP contribution in [0.3, 0.4) is 0 Å². The molecule has 4 heterocycles. The van der Waals surface area contributed by atoms with Crippen molar-refractivity contribution in [2.45, 2.75) is 26.2 Å². The summed E-state index contributed by atoms with van der Waals surface area (Å²) < 4.78 is 10.6. The van der Waals surface area contributed by atoms with E-state index in [1.807, 2.05) is 6.92 Å². The number of piperidine rings is 1. The normalized spacial score (nSPS) is 19.2. The van der Waals surface area contributed by atoms with Crippen LogP contribution in [0.15, 0.2) is 10.9 Å². The van der Waals surface area contributed by atoms with E-state index in [2.05, 4.69) is 30.2 Å². The first-order valence-electron chi connectivity index (χ1n) is 10.1. The molecule has 0 aromatic carbocycles. The number of nitrogens with one attached hydrogen (secondary N) is 1. The molecular formula is C19H28N6O3. The van der Waals surface area contributed by atoms with Gasteiger partial charge in [-0.05, 0) is 32.7 Å². The Hall–Kier alpha value is -2.26. The highest BCUT2D eigenvalue weighted by Gasteiger charge is 2.27. The lowest BCUT2D eigenvalue weighted by atomic mass is 9.95. The highest BCUT2D eigenvalue weighted by Crippen LogP contribution is 2.29. The molecule has 2 aromatic heterocycles. The maximum Gasteiger partial charge on any atom is 0.263 e. The third-order valence-corrected chi connectivity index (χ3v) is 5.64. The third-order valence-electron chi connectivity index (χ3n) is 5.64. The van der Waals surface area contributed by atoms with Crippen molar-refractivity contribution in [2.75, 3.05) is 57.4 Å². The van der Waals surface area contributed by atoms with Crippen LogP contribution in [0.2, 0.25) is 0 Å². The van der Waals surface area contributed by atoms with Gasteiger partial charge in [0, 0.05) is 38.6 Å². The molecule has 1 amide bonds. The van der Waals surface area contributed by atoms with Crippen molar-refractivity contribution >= 4 is 22.8 Å². The van der Waals surface area contributed by atoms with Gasteiger partial charge in [-0.25, -0.2) is 4.98 Å². The summed E-state index contributed by atoms with van der Waals surface area (Å²) in [5.74, 6) is 1.10. The molecule has 152 valence electrons. The van der Waals surface area contributed by atoms with Gasteiger partial charge < -0.3 is 19.5 Å². The van der Waals surface area contributed by atoms with Crippen LogP contribution in [0, 0.1) is 12.8 Å². The molecule has 28 heavy (non-hydrogen) atoms. The third kappa shape index (κ3) is 4.25. The van der Waals surface area contributed by atoms with Crippen LogP contribution < -0.4 is 10.2 Å². The number of fused-ring (bicyclic) bond motifs is 1. The molecular weight excluding hydrogens is 360 g/mol. The fourth-order valence-corrected chi connectivity index (χ4v) is 3.98. The second kappa shape index (κ2) is 8.83. The molecule has 1 N–H and O–H groups in total. The largest absolute Gasteiger partial charge is 0.379 e. The zero-order valence-electron chi connectivity index (χ0n) is 16.4. The van der Waals surface area contributed by atoms with Crippen LogP contribution in [0.5, 0.6) is 0 Å². The molecule has 2 fully saturated rings. The maximum atomic E-state index is 12.5. The first-order valence-corrected chi connectivity index (χ1v) is 10.1. The molecule has 0 aliphatic carbocycles. The minimum Gasteiger partial charge on any atom is -0.379 e. The van der Waals surface area contributed by atoms with Gasteiger partial charge in [0.05, 0.1) is 18.9 Å². The van der Waals surface area contributed by atoms with E-state index in [9.17, 15) is 4.79 Å². The summed E-state index contributed by atoms with van der Waals surface area (Å²) in [6, 6.07) is 0. The van der Waals surface area contributed by atoms with E-state index in [0.29, 0.717) is 5.71 Å². The number of aryl methyl sites for hydroxylation is 1. The zero-order chi connectivity index (χ0) is 19.3. The van der Waals surface area contributed by atoms with Gasteiger partial charge in [-0.2, -0.15) is 4.98 Å². The van der Waals surface area contributed by atoms with E-state index in [1.54, 1.807) is 0 Å². The van der Waals surface area contributed by atoms with E-state index >= 15 is 0 Å². The summed E-state index contributed by atoms with van der Waals surface area (Å²) in [5.41, 5.74) is 1.31. The predicted octanol–water partition coefficient (Wildman–Crippen LogP) is 0.981. The number of rotatable bonds is 6. The Balaban J connectivity index is 1.23. The molecule has 4 rings (SSSR count). The van der Waals surface area contributed by atoms with Crippen LogP contribution in [-0.2, 0) is 9.53 Å². The van der Waals surface area contributed by atoms with Gasteiger partial charge in [0.2, 0.25) is 5.91 Å². The quantitative estimate of drug-likeness (QED) is 0.732. The lowest BCUT2D eigenvalue weighted by Crippen LogP contribution is -2.42. The summed E-state index contributed by atoms with van der Waals surface area (Å²) in [6.45, 7) is 8.87. The van der Waals surface area contributed by atoms with Gasteiger partial charge >= 0.3 is 0 Å². The molecule has 0 atom stereocenters. The van der Waals surface area contributed by atoms with Gasteiger partial charge in [0.1, 0.15) is 17.5 Å². The minimum absolute atomic E-state index is 0.0699. The first kappa shape index (κ1) is 19.1. The zero-order valence-corrected chi connectivity index (χ0v) is 16.4. The van der Waals surface area contributed by atoms with Crippen molar-refractivity contribution in [2.24, 2.45) is 5.92 Å². The molecule has 0 radical (unpaired) electrons.